The predicted molar refractivity (Wildman–Crippen MR) is 60.6 cm³/mol. The summed E-state index contributed by atoms with van der Waals surface area (Å²) in [5.41, 5.74) is 7.87. The molecule has 3 heteroatoms. The number of nitrogen functional groups attached to an aromatic ring is 1. The fraction of sp³-hybridized carbons (Fsp3) is 0.200. The summed E-state index contributed by atoms with van der Waals surface area (Å²) in [7, 11) is 0. The highest BCUT2D eigenvalue weighted by molar-refractivity contribution is 7.22. The number of hydrogen-bond donors (Lipinski definition) is 1. The predicted octanol–water partition coefficient (Wildman–Crippen LogP) is 3.70. The summed E-state index contributed by atoms with van der Waals surface area (Å²) in [4.78, 5) is 0. The van der Waals surface area contributed by atoms with Gasteiger partial charge >= 0.3 is 0 Å². The molecule has 13 heavy (non-hydrogen) atoms. The molecular weight excluding hydrogens is 202 g/mol. The molecule has 1 heterocycles. The smallest absolute Gasteiger partial charge is 0.0940 e. The van der Waals surface area contributed by atoms with Gasteiger partial charge in [-0.15, -0.1) is 11.3 Å². The Kier molecular flexibility index (Phi) is 2.18. The van der Waals surface area contributed by atoms with Crippen molar-refractivity contribution < 1.29 is 0 Å². The van der Waals surface area contributed by atoms with E-state index in [0.717, 1.165) is 16.4 Å². The van der Waals surface area contributed by atoms with E-state index >= 15 is 0 Å². The first kappa shape index (κ1) is 8.85. The maximum Gasteiger partial charge on any atom is 0.0940 e. The number of anilines is 1. The SMILES string of the molecule is CCc1cc(N)cc2sc(Cl)cc12. The molecule has 1 aromatic carbocycles. The average molecular weight is 212 g/mol. The van der Waals surface area contributed by atoms with Crippen molar-refractivity contribution in [1.29, 1.82) is 0 Å². The zero-order valence-electron chi connectivity index (χ0n) is 7.30. The lowest BCUT2D eigenvalue weighted by molar-refractivity contribution is 1.16. The van der Waals surface area contributed by atoms with Crippen molar-refractivity contribution in [3.8, 4) is 0 Å². The summed E-state index contributed by atoms with van der Waals surface area (Å²) < 4.78 is 2.01. The van der Waals surface area contributed by atoms with Gasteiger partial charge in [-0.1, -0.05) is 18.5 Å². The van der Waals surface area contributed by atoms with E-state index in [1.54, 1.807) is 11.3 Å². The maximum atomic E-state index is 5.94. The Balaban J connectivity index is 2.80. The molecule has 1 nitrogen and oxygen atoms in total. The fourth-order valence-corrected chi connectivity index (χ4v) is 2.74. The van der Waals surface area contributed by atoms with Crippen LogP contribution in [-0.2, 0) is 6.42 Å². The minimum Gasteiger partial charge on any atom is -0.399 e. The van der Waals surface area contributed by atoms with Gasteiger partial charge in [0, 0.05) is 10.4 Å². The summed E-state index contributed by atoms with van der Waals surface area (Å²) in [6.45, 7) is 2.12. The Bertz CT molecular complexity index is 447. The summed E-state index contributed by atoms with van der Waals surface area (Å²) >= 11 is 7.52. The quantitative estimate of drug-likeness (QED) is 0.716. The fourth-order valence-electron chi connectivity index (χ4n) is 1.50. The van der Waals surface area contributed by atoms with Crippen LogP contribution in [0.2, 0.25) is 4.34 Å². The van der Waals surface area contributed by atoms with E-state index < -0.39 is 0 Å². The molecule has 0 aliphatic carbocycles. The van der Waals surface area contributed by atoms with Gasteiger partial charge in [0.1, 0.15) is 0 Å². The third-order valence-electron chi connectivity index (χ3n) is 2.10. The molecule has 0 amide bonds. The Morgan fingerprint density at radius 1 is 1.38 bits per heavy atom. The second-order valence-corrected chi connectivity index (χ2v) is 4.71. The normalized spacial score (nSPS) is 10.9. The monoisotopic (exact) mass is 211 g/mol. The first-order valence-corrected chi connectivity index (χ1v) is 5.37. The second kappa shape index (κ2) is 3.20. The molecule has 0 unspecified atom stereocenters. The van der Waals surface area contributed by atoms with Crippen molar-refractivity contribution in [1.82, 2.24) is 0 Å². The number of halogens is 1. The topological polar surface area (TPSA) is 26.0 Å². The average Bonchev–Trinajstić information content (AvgIpc) is 2.43. The van der Waals surface area contributed by atoms with E-state index in [-0.39, 0.29) is 0 Å². The Morgan fingerprint density at radius 3 is 2.85 bits per heavy atom. The van der Waals surface area contributed by atoms with Crippen LogP contribution in [0.25, 0.3) is 10.1 Å². The van der Waals surface area contributed by atoms with E-state index in [9.17, 15) is 0 Å². The number of thiophene rings is 1. The van der Waals surface area contributed by atoms with Crippen LogP contribution < -0.4 is 5.73 Å². The molecule has 0 aliphatic rings. The van der Waals surface area contributed by atoms with E-state index in [4.69, 9.17) is 17.3 Å². The summed E-state index contributed by atoms with van der Waals surface area (Å²) in [6.07, 6.45) is 0.995. The highest BCUT2D eigenvalue weighted by Gasteiger charge is 2.04. The van der Waals surface area contributed by atoms with Crippen LogP contribution in [0.1, 0.15) is 12.5 Å². The summed E-state index contributed by atoms with van der Waals surface area (Å²) in [6, 6.07) is 6.01. The molecular formula is C10H10ClNS. The van der Waals surface area contributed by atoms with Gasteiger partial charge in [-0.2, -0.15) is 0 Å². The first-order chi connectivity index (χ1) is 6.20. The van der Waals surface area contributed by atoms with E-state index in [0.29, 0.717) is 0 Å². The molecule has 0 atom stereocenters. The zero-order valence-corrected chi connectivity index (χ0v) is 8.88. The molecule has 1 aromatic heterocycles. The molecule has 0 radical (unpaired) electrons. The lowest BCUT2D eigenvalue weighted by atomic mass is 10.1. The van der Waals surface area contributed by atoms with Crippen LogP contribution in [0, 0.1) is 0 Å². The van der Waals surface area contributed by atoms with Gasteiger partial charge in [-0.3, -0.25) is 0 Å². The van der Waals surface area contributed by atoms with Gasteiger partial charge in [-0.25, -0.2) is 0 Å². The van der Waals surface area contributed by atoms with Crippen LogP contribution in [0.5, 0.6) is 0 Å². The van der Waals surface area contributed by atoms with Crippen LogP contribution in [0.15, 0.2) is 18.2 Å². The lowest BCUT2D eigenvalue weighted by Gasteiger charge is -2.00. The highest BCUT2D eigenvalue weighted by Crippen LogP contribution is 2.33. The van der Waals surface area contributed by atoms with Gasteiger partial charge in [0.05, 0.1) is 4.34 Å². The second-order valence-electron chi connectivity index (χ2n) is 3.00. The number of benzene rings is 1. The Hall–Kier alpha value is -0.730. The largest absolute Gasteiger partial charge is 0.399 e. The maximum absolute atomic E-state index is 5.94. The molecule has 68 valence electrons. The van der Waals surface area contributed by atoms with Crippen molar-refractivity contribution in [2.24, 2.45) is 0 Å². The molecule has 2 rings (SSSR count). The third-order valence-corrected chi connectivity index (χ3v) is 3.31. The van der Waals surface area contributed by atoms with Gasteiger partial charge in [0.2, 0.25) is 0 Å². The highest BCUT2D eigenvalue weighted by atomic mass is 35.5. The molecule has 0 saturated carbocycles. The van der Waals surface area contributed by atoms with Crippen molar-refractivity contribution >= 4 is 38.7 Å². The van der Waals surface area contributed by atoms with Crippen LogP contribution >= 0.6 is 22.9 Å². The summed E-state index contributed by atoms with van der Waals surface area (Å²) in [5.74, 6) is 0. The Labute approximate surface area is 86.1 Å². The number of rotatable bonds is 1. The molecule has 2 N–H and O–H groups in total. The van der Waals surface area contributed by atoms with Gasteiger partial charge in [-0.05, 0) is 35.6 Å². The van der Waals surface area contributed by atoms with Crippen molar-refractivity contribution in [3.05, 3.63) is 28.1 Å². The van der Waals surface area contributed by atoms with Gasteiger partial charge in [0.15, 0.2) is 0 Å². The van der Waals surface area contributed by atoms with Crippen molar-refractivity contribution in [3.63, 3.8) is 0 Å². The van der Waals surface area contributed by atoms with Crippen LogP contribution in [-0.4, -0.2) is 0 Å². The number of fused-ring (bicyclic) bond motifs is 1. The molecule has 2 aromatic rings. The van der Waals surface area contributed by atoms with E-state index in [1.807, 2.05) is 18.2 Å². The standard InChI is InChI=1S/C10H10ClNS/c1-2-6-3-7(12)4-9-8(6)5-10(11)13-9/h3-5H,2,12H2,1H3. The van der Waals surface area contributed by atoms with Gasteiger partial charge in [0.25, 0.3) is 0 Å². The minimum absolute atomic E-state index is 0.822. The van der Waals surface area contributed by atoms with Crippen molar-refractivity contribution in [2.75, 3.05) is 5.73 Å². The molecule has 0 fully saturated rings. The molecule has 0 saturated heterocycles. The summed E-state index contributed by atoms with van der Waals surface area (Å²) in [5, 5.41) is 1.24. The van der Waals surface area contributed by atoms with Crippen molar-refractivity contribution in [2.45, 2.75) is 13.3 Å². The third kappa shape index (κ3) is 1.52. The molecule has 0 bridgehead atoms. The number of nitrogens with two attached hydrogens (primary N) is 1. The van der Waals surface area contributed by atoms with E-state index in [1.165, 1.54) is 15.6 Å². The molecule has 0 aliphatic heterocycles. The van der Waals surface area contributed by atoms with Gasteiger partial charge < -0.3 is 5.73 Å². The lowest BCUT2D eigenvalue weighted by Crippen LogP contribution is -1.87. The molecule has 0 spiro atoms. The Morgan fingerprint density at radius 2 is 2.15 bits per heavy atom. The van der Waals surface area contributed by atoms with Crippen LogP contribution in [0.3, 0.4) is 0 Å². The zero-order chi connectivity index (χ0) is 9.42. The number of hydrogen-bond acceptors (Lipinski definition) is 2. The van der Waals surface area contributed by atoms with E-state index in [2.05, 4.69) is 6.92 Å². The van der Waals surface area contributed by atoms with Crippen LogP contribution in [0.4, 0.5) is 5.69 Å². The minimum atomic E-state index is 0.822. The number of aryl methyl sites for hydroxylation is 1. The first-order valence-electron chi connectivity index (χ1n) is 4.18.